The van der Waals surface area contributed by atoms with E-state index in [0.29, 0.717) is 0 Å². The lowest BCUT2D eigenvalue weighted by atomic mass is 10.9. The molecule has 0 saturated heterocycles. The van der Waals surface area contributed by atoms with Gasteiger partial charge in [-0.05, 0) is 13.9 Å². The lowest BCUT2D eigenvalue weighted by Gasteiger charge is -1.44. The molecule has 1 rings (SSSR count). The summed E-state index contributed by atoms with van der Waals surface area (Å²) in [6, 6.07) is 0. The highest BCUT2D eigenvalue weighted by Gasteiger charge is 1.90. The maximum Gasteiger partial charge on any atom is -0.0115 e. The third-order valence-corrected chi connectivity index (χ3v) is 1.28. The van der Waals surface area contributed by atoms with Crippen LogP contribution in [0.3, 0.4) is 0 Å². The summed E-state index contributed by atoms with van der Waals surface area (Å²) in [5.74, 6) is 0. The molecule has 0 saturated carbocycles. The molecule has 0 aliphatic heterocycles. The monoisotopic (exact) mass is 80.0 g/mol. The van der Waals surface area contributed by atoms with Crippen LogP contribution in [0.2, 0.25) is 0 Å². The Labute approximate surface area is 33.2 Å². The van der Waals surface area contributed by atoms with Crippen molar-refractivity contribution in [2.75, 3.05) is 0 Å². The van der Waals surface area contributed by atoms with Crippen LogP contribution >= 0.6 is 0 Å². The summed E-state index contributed by atoms with van der Waals surface area (Å²) >= 11 is 0. The Morgan fingerprint density at radius 3 is 2.20 bits per heavy atom. The van der Waals surface area contributed by atoms with E-state index in [4.69, 9.17) is 0 Å². The number of hydrogen-bond acceptors (Lipinski definition) is 0. The van der Waals surface area contributed by atoms with Crippen LogP contribution in [0.1, 0.15) is 0 Å². The Bertz CT molecular complexity index is 108. The van der Waals surface area contributed by atoms with Crippen molar-refractivity contribution in [3.8, 4) is 0 Å². The second-order valence-electron chi connectivity index (χ2n) is 0.965. The highest BCUT2D eigenvalue weighted by Crippen LogP contribution is 1.90. The van der Waals surface area contributed by atoms with Crippen molar-refractivity contribution in [3.05, 3.63) is 12.2 Å². The van der Waals surface area contributed by atoms with Gasteiger partial charge in [0, 0.05) is 0 Å². The van der Waals surface area contributed by atoms with Crippen molar-refractivity contribution in [1.82, 2.24) is 0 Å². The fourth-order valence-electron chi connectivity index (χ4n) is 0.160. The van der Waals surface area contributed by atoms with E-state index >= 15 is 0 Å². The molecule has 0 fully saturated rings. The predicted molar refractivity (Wildman–Crippen MR) is 27.0 cm³/mol. The molecule has 5 heavy (non-hydrogen) atoms. The molecule has 0 nitrogen and oxygen atoms in total. The van der Waals surface area contributed by atoms with Crippen LogP contribution in [0, 0.1) is 0 Å². The number of rotatable bonds is 0. The highest BCUT2D eigenvalue weighted by atomic mass is 28.1. The number of hydrogen-bond donors (Lipinski definition) is 0. The quantitative estimate of drug-likeness (QED) is 0.355. The van der Waals surface area contributed by atoms with E-state index in [1.165, 1.54) is 5.17 Å². The van der Waals surface area contributed by atoms with Crippen LogP contribution in [0.4, 0.5) is 0 Å². The van der Waals surface area contributed by atoms with Crippen LogP contribution in [0.5, 0.6) is 0 Å². The molecule has 0 spiro atoms. The predicted octanol–water partition coefficient (Wildman–Crippen LogP) is -0.135. The summed E-state index contributed by atoms with van der Waals surface area (Å²) in [6.45, 7) is 0. The Hall–Kier alpha value is -0.303. The Kier molecular flexibility index (Phi) is 0.482. The first kappa shape index (κ1) is 2.91. The van der Waals surface area contributed by atoms with Crippen LogP contribution in [0.25, 0.3) is 0 Å². The molecule has 0 unspecified atom stereocenters. The van der Waals surface area contributed by atoms with Gasteiger partial charge in [0.15, 0.2) is 0 Å². The molecule has 0 heterocycles. The first-order valence-corrected chi connectivity index (χ1v) is 2.72. The lowest BCUT2D eigenvalue weighted by molar-refractivity contribution is 2.81. The molecule has 0 atom stereocenters. The van der Waals surface area contributed by atoms with E-state index in [0.717, 1.165) is 8.74 Å². The summed E-state index contributed by atoms with van der Waals surface area (Å²) in [5.41, 5.74) is 0. The summed E-state index contributed by atoms with van der Waals surface area (Å²) in [6.07, 6.45) is 7.85. The molecule has 0 amide bonds. The Morgan fingerprint density at radius 1 is 1.60 bits per heavy atom. The van der Waals surface area contributed by atoms with Gasteiger partial charge in [-0.15, -0.1) is 0 Å². The normalized spacial score (nSPS) is 14.8. The van der Waals surface area contributed by atoms with Gasteiger partial charge in [0.05, 0.1) is 0 Å². The SMILES string of the molecule is C=[Si]=C1C=C1. The molecular weight excluding hydrogens is 76.1 g/mol. The van der Waals surface area contributed by atoms with Gasteiger partial charge in [-0.25, -0.2) is 0 Å². The summed E-state index contributed by atoms with van der Waals surface area (Å²) in [5, 5.41) is 1.42. The van der Waals surface area contributed by atoms with Gasteiger partial charge in [-0.1, -0.05) is 18.3 Å². The second kappa shape index (κ2) is 0.828. The largest absolute Gasteiger partial charge is 0.0836 e. The van der Waals surface area contributed by atoms with Crippen LogP contribution < -0.4 is 0 Å². The zero-order chi connectivity index (χ0) is 3.70. The smallest absolute Gasteiger partial charge is 0.0115 e. The van der Waals surface area contributed by atoms with Gasteiger partial charge >= 0.3 is 0 Å². The van der Waals surface area contributed by atoms with E-state index in [-0.39, 0.29) is 0 Å². The van der Waals surface area contributed by atoms with E-state index in [1.54, 1.807) is 0 Å². The van der Waals surface area contributed by atoms with Gasteiger partial charge < -0.3 is 0 Å². The fraction of sp³-hybridized carbons (Fsp3) is 0. The van der Waals surface area contributed by atoms with Crippen LogP contribution in [0.15, 0.2) is 12.2 Å². The first-order valence-electron chi connectivity index (χ1n) is 1.51. The zero-order valence-corrected chi connectivity index (χ0v) is 3.86. The van der Waals surface area contributed by atoms with Gasteiger partial charge in [-0.2, -0.15) is 0 Å². The summed E-state index contributed by atoms with van der Waals surface area (Å²) in [7, 11) is 0.781. The van der Waals surface area contributed by atoms with E-state index in [2.05, 4.69) is 18.3 Å². The van der Waals surface area contributed by atoms with Crippen LogP contribution in [-0.2, 0) is 0 Å². The third-order valence-electron chi connectivity index (χ3n) is 0.537. The molecular formula is C4H4Si. The van der Waals surface area contributed by atoms with Crippen molar-refractivity contribution in [3.63, 3.8) is 0 Å². The van der Waals surface area contributed by atoms with Crippen molar-refractivity contribution < 1.29 is 0 Å². The van der Waals surface area contributed by atoms with Crippen molar-refractivity contribution in [1.29, 1.82) is 0 Å². The summed E-state index contributed by atoms with van der Waals surface area (Å²) in [4.78, 5) is 0. The lowest BCUT2D eigenvalue weighted by Crippen LogP contribution is -1.64. The molecule has 0 radical (unpaired) electrons. The fourth-order valence-corrected chi connectivity index (χ4v) is 0.479. The molecule has 1 heteroatoms. The second-order valence-corrected chi connectivity index (χ2v) is 1.90. The van der Waals surface area contributed by atoms with Gasteiger partial charge in [0.2, 0.25) is 0 Å². The molecule has 0 aromatic carbocycles. The Balaban J connectivity index is 2.90. The molecule has 0 N–H and O–H groups in total. The maximum absolute atomic E-state index is 3.68. The van der Waals surface area contributed by atoms with Gasteiger partial charge in [-0.3, -0.25) is 0 Å². The molecule has 1 aliphatic rings. The van der Waals surface area contributed by atoms with Gasteiger partial charge in [0.1, 0.15) is 0 Å². The topological polar surface area (TPSA) is 0 Å². The summed E-state index contributed by atoms with van der Waals surface area (Å²) < 4.78 is 0. The van der Waals surface area contributed by atoms with E-state index in [9.17, 15) is 0 Å². The zero-order valence-electron chi connectivity index (χ0n) is 2.86. The average molecular weight is 80.2 g/mol. The van der Waals surface area contributed by atoms with E-state index in [1.807, 2.05) is 0 Å². The standard InChI is InChI=1S/C4H4Si/c1-5-4-2-3-4/h2-3H,1H2. The average Bonchev–Trinajstić information content (AvgIpc) is 2.12. The number of allylic oxidation sites excluding steroid dienone is 2. The van der Waals surface area contributed by atoms with Crippen molar-refractivity contribution >= 4 is 20.1 Å². The molecule has 0 aromatic heterocycles. The highest BCUT2D eigenvalue weighted by molar-refractivity contribution is 6.66. The third kappa shape index (κ3) is 0.483. The van der Waals surface area contributed by atoms with Crippen molar-refractivity contribution in [2.24, 2.45) is 0 Å². The van der Waals surface area contributed by atoms with Crippen LogP contribution in [-0.4, -0.2) is 20.1 Å². The molecule has 1 aliphatic carbocycles. The minimum absolute atomic E-state index is 0.781. The molecule has 0 bridgehead atoms. The molecule has 24 valence electrons. The maximum atomic E-state index is 3.68. The van der Waals surface area contributed by atoms with E-state index < -0.39 is 0 Å². The van der Waals surface area contributed by atoms with Crippen molar-refractivity contribution in [2.45, 2.75) is 0 Å². The first-order chi connectivity index (χ1) is 2.43. The minimum atomic E-state index is 0.781. The van der Waals surface area contributed by atoms with Gasteiger partial charge in [0.25, 0.3) is 0 Å². The minimum Gasteiger partial charge on any atom is -0.0836 e. The Morgan fingerprint density at radius 2 is 2.20 bits per heavy atom. The molecule has 0 aromatic rings.